The molecule has 2 aromatic carbocycles. The number of hydrogen-bond acceptors (Lipinski definition) is 6. The number of hydrogen-bond donors (Lipinski definition) is 6. The number of rotatable bonds is 12. The second-order valence-electron chi connectivity index (χ2n) is 12.9. The molecule has 0 heterocycles. The Morgan fingerprint density at radius 2 is 1.40 bits per heavy atom. The summed E-state index contributed by atoms with van der Waals surface area (Å²) in [7, 11) is 0. The van der Waals surface area contributed by atoms with Crippen LogP contribution in [0.3, 0.4) is 0 Å². The zero-order chi connectivity index (χ0) is 30.6. The van der Waals surface area contributed by atoms with Gasteiger partial charge in [0.2, 0.25) is 23.6 Å². The third-order valence-electron chi connectivity index (χ3n) is 9.26. The number of benzene rings is 2. The molecular formula is C33H43N5O5. The van der Waals surface area contributed by atoms with Gasteiger partial charge < -0.3 is 32.1 Å². The number of aromatic hydroxyl groups is 1. The lowest BCUT2D eigenvalue weighted by molar-refractivity contribution is -0.133. The predicted molar refractivity (Wildman–Crippen MR) is 162 cm³/mol. The minimum Gasteiger partial charge on any atom is -0.508 e. The van der Waals surface area contributed by atoms with Crippen LogP contribution in [0.4, 0.5) is 0 Å². The van der Waals surface area contributed by atoms with Crippen LogP contribution in [0.2, 0.25) is 0 Å². The van der Waals surface area contributed by atoms with Crippen molar-refractivity contribution in [2.45, 2.75) is 82.0 Å². The van der Waals surface area contributed by atoms with Crippen LogP contribution in [-0.2, 0) is 32.0 Å². The van der Waals surface area contributed by atoms with Gasteiger partial charge in [0.15, 0.2) is 0 Å². The lowest BCUT2D eigenvalue weighted by atomic mass is 9.53. The molecule has 2 aromatic rings. The fourth-order valence-electron chi connectivity index (χ4n) is 7.61. The Morgan fingerprint density at radius 1 is 0.814 bits per heavy atom. The van der Waals surface area contributed by atoms with E-state index in [4.69, 9.17) is 5.73 Å². The molecule has 0 saturated heterocycles. The summed E-state index contributed by atoms with van der Waals surface area (Å²) >= 11 is 0. The molecular weight excluding hydrogens is 546 g/mol. The molecule has 3 atom stereocenters. The lowest BCUT2D eigenvalue weighted by Crippen LogP contribution is -2.61. The maximum absolute atomic E-state index is 13.3. The summed E-state index contributed by atoms with van der Waals surface area (Å²) in [4.78, 5) is 52.1. The van der Waals surface area contributed by atoms with Gasteiger partial charge in [0, 0.05) is 12.0 Å². The van der Waals surface area contributed by atoms with E-state index in [1.807, 2.05) is 30.3 Å². The molecule has 230 valence electrons. The van der Waals surface area contributed by atoms with Crippen LogP contribution in [0, 0.1) is 17.8 Å². The molecule has 4 aliphatic carbocycles. The molecule has 10 nitrogen and oxygen atoms in total. The molecule has 4 bridgehead atoms. The Bertz CT molecular complexity index is 1280. The van der Waals surface area contributed by atoms with Crippen molar-refractivity contribution in [3.05, 3.63) is 65.7 Å². The van der Waals surface area contributed by atoms with Crippen molar-refractivity contribution in [1.82, 2.24) is 21.3 Å². The highest BCUT2D eigenvalue weighted by Crippen LogP contribution is 2.55. The Hall–Kier alpha value is -3.92. The van der Waals surface area contributed by atoms with E-state index >= 15 is 0 Å². The molecule has 10 heteroatoms. The van der Waals surface area contributed by atoms with Crippen LogP contribution in [0.1, 0.15) is 56.6 Å². The first kappa shape index (κ1) is 30.5. The first-order valence-electron chi connectivity index (χ1n) is 15.3. The van der Waals surface area contributed by atoms with Gasteiger partial charge in [0.1, 0.15) is 17.8 Å². The fraction of sp³-hybridized carbons (Fsp3) is 0.515. The third kappa shape index (κ3) is 7.93. The third-order valence-corrected chi connectivity index (χ3v) is 9.26. The quantitative estimate of drug-likeness (QED) is 0.221. The van der Waals surface area contributed by atoms with Crippen molar-refractivity contribution in [1.29, 1.82) is 0 Å². The predicted octanol–water partition coefficient (Wildman–Crippen LogP) is 1.70. The number of amides is 4. The summed E-state index contributed by atoms with van der Waals surface area (Å²) in [5.74, 6) is 0.456. The Labute approximate surface area is 252 Å². The van der Waals surface area contributed by atoms with Crippen molar-refractivity contribution in [2.75, 3.05) is 6.54 Å². The lowest BCUT2D eigenvalue weighted by Gasteiger charge is -2.56. The molecule has 4 saturated carbocycles. The van der Waals surface area contributed by atoms with E-state index < -0.39 is 35.8 Å². The van der Waals surface area contributed by atoms with Gasteiger partial charge >= 0.3 is 0 Å². The molecule has 4 fully saturated rings. The standard InChI is InChI=1S/C33H43N5O5/c1-20(36-31(42)27(34)14-22-7-9-26(39)10-8-22)30(41)37-28(15-21-5-3-2-4-6-21)32(43)35-19-29(40)38-33-16-23-11-24(17-33)13-25(12-23)18-33/h2-10,20,23-25,27-28,39H,11-19,34H2,1H3,(H,35,43)(H,36,42)(H,37,41)(H,38,40)/t20-,23?,24?,25?,27+,28+,33?/m1/s1. The van der Waals surface area contributed by atoms with E-state index in [1.165, 1.54) is 38.3 Å². The van der Waals surface area contributed by atoms with Gasteiger partial charge in [0.25, 0.3) is 0 Å². The fourth-order valence-corrected chi connectivity index (χ4v) is 7.61. The van der Waals surface area contributed by atoms with E-state index in [1.54, 1.807) is 12.1 Å². The summed E-state index contributed by atoms with van der Waals surface area (Å²) < 4.78 is 0. The summed E-state index contributed by atoms with van der Waals surface area (Å²) in [5.41, 5.74) is 7.52. The first-order chi connectivity index (χ1) is 20.6. The SMILES string of the molecule is C[C@@H](NC(=O)[C@@H](N)Cc1ccc(O)cc1)C(=O)N[C@@H](Cc1ccccc1)C(=O)NCC(=O)NC12CC3CC(CC(C3)C1)C2. The Kier molecular flexibility index (Phi) is 9.34. The van der Waals surface area contributed by atoms with E-state index in [0.717, 1.165) is 30.4 Å². The zero-order valence-corrected chi connectivity index (χ0v) is 24.7. The smallest absolute Gasteiger partial charge is 0.243 e. The maximum atomic E-state index is 13.3. The molecule has 0 aliphatic heterocycles. The van der Waals surface area contributed by atoms with E-state index in [0.29, 0.717) is 17.8 Å². The molecule has 0 unspecified atom stereocenters. The summed E-state index contributed by atoms with van der Waals surface area (Å²) in [6, 6.07) is 12.9. The highest BCUT2D eigenvalue weighted by atomic mass is 16.3. The molecule has 43 heavy (non-hydrogen) atoms. The van der Waals surface area contributed by atoms with Crippen LogP contribution < -0.4 is 27.0 Å². The van der Waals surface area contributed by atoms with E-state index in [-0.39, 0.29) is 36.6 Å². The van der Waals surface area contributed by atoms with Gasteiger partial charge in [-0.25, -0.2) is 0 Å². The molecule has 6 rings (SSSR count). The van der Waals surface area contributed by atoms with Gasteiger partial charge in [-0.05, 0) is 92.9 Å². The van der Waals surface area contributed by atoms with Crippen LogP contribution in [0.5, 0.6) is 5.75 Å². The molecule has 7 N–H and O–H groups in total. The number of nitrogens with one attached hydrogen (secondary N) is 4. The molecule has 0 aromatic heterocycles. The summed E-state index contributed by atoms with van der Waals surface area (Å²) in [5, 5.41) is 20.8. The van der Waals surface area contributed by atoms with Crippen molar-refractivity contribution < 1.29 is 24.3 Å². The second-order valence-corrected chi connectivity index (χ2v) is 12.9. The maximum Gasteiger partial charge on any atom is 0.243 e. The topological polar surface area (TPSA) is 163 Å². The molecule has 4 aliphatic rings. The van der Waals surface area contributed by atoms with Crippen LogP contribution in [0.15, 0.2) is 54.6 Å². The number of phenolic OH excluding ortho intramolecular Hbond substituents is 1. The number of nitrogens with two attached hydrogens (primary N) is 1. The second kappa shape index (κ2) is 13.2. The molecule has 4 amide bonds. The minimum atomic E-state index is -0.955. The highest BCUT2D eigenvalue weighted by molar-refractivity contribution is 5.94. The molecule has 0 spiro atoms. The average Bonchev–Trinajstić information content (AvgIpc) is 2.96. The van der Waals surface area contributed by atoms with Gasteiger partial charge in [-0.15, -0.1) is 0 Å². The van der Waals surface area contributed by atoms with Crippen LogP contribution >= 0.6 is 0 Å². The first-order valence-corrected chi connectivity index (χ1v) is 15.3. The number of carbonyl (C=O) groups excluding carboxylic acids is 4. The number of phenols is 1. The van der Waals surface area contributed by atoms with Gasteiger partial charge in [0.05, 0.1) is 12.6 Å². The monoisotopic (exact) mass is 589 g/mol. The van der Waals surface area contributed by atoms with Gasteiger partial charge in [-0.2, -0.15) is 0 Å². The average molecular weight is 590 g/mol. The molecule has 0 radical (unpaired) electrons. The van der Waals surface area contributed by atoms with Crippen molar-refractivity contribution >= 4 is 23.6 Å². The van der Waals surface area contributed by atoms with Gasteiger partial charge in [-0.1, -0.05) is 42.5 Å². The summed E-state index contributed by atoms with van der Waals surface area (Å²) in [6.07, 6.45) is 7.33. The Balaban J connectivity index is 1.15. The Morgan fingerprint density at radius 3 is 2.00 bits per heavy atom. The zero-order valence-electron chi connectivity index (χ0n) is 24.7. The van der Waals surface area contributed by atoms with Gasteiger partial charge in [-0.3, -0.25) is 19.2 Å². The number of carbonyl (C=O) groups is 4. The van der Waals surface area contributed by atoms with Crippen molar-refractivity contribution in [3.63, 3.8) is 0 Å². The van der Waals surface area contributed by atoms with E-state index in [2.05, 4.69) is 21.3 Å². The normalized spacial score (nSPS) is 25.7. The minimum absolute atomic E-state index is 0.115. The van der Waals surface area contributed by atoms with Crippen molar-refractivity contribution in [3.8, 4) is 5.75 Å². The van der Waals surface area contributed by atoms with Crippen LogP contribution in [0.25, 0.3) is 0 Å². The van der Waals surface area contributed by atoms with E-state index in [9.17, 15) is 24.3 Å². The van der Waals surface area contributed by atoms with Crippen LogP contribution in [-0.4, -0.2) is 58.9 Å². The highest BCUT2D eigenvalue weighted by Gasteiger charge is 2.51. The largest absolute Gasteiger partial charge is 0.508 e. The van der Waals surface area contributed by atoms with Crippen molar-refractivity contribution in [2.24, 2.45) is 23.5 Å². The summed E-state index contributed by atoms with van der Waals surface area (Å²) in [6.45, 7) is 1.36.